The van der Waals surface area contributed by atoms with E-state index in [4.69, 9.17) is 4.42 Å². The standard InChI is InChI=1S/C22H15NO6S/c24-17-10-9-14-12-19(22(26)29-20(14)13-17)21(25)15-5-4-6-16(11-15)23-30(27,28)18-7-2-1-3-8-18/h1-13,23-24H. The molecule has 1 aromatic heterocycles. The molecule has 0 saturated heterocycles. The molecule has 3 aromatic carbocycles. The van der Waals surface area contributed by atoms with Crippen LogP contribution in [0.1, 0.15) is 15.9 Å². The molecule has 0 unspecified atom stereocenters. The van der Waals surface area contributed by atoms with Crippen LogP contribution in [0.5, 0.6) is 5.75 Å². The third-order valence-electron chi connectivity index (χ3n) is 4.39. The summed E-state index contributed by atoms with van der Waals surface area (Å²) in [5, 5.41) is 9.97. The molecule has 0 aliphatic heterocycles. The number of nitrogens with one attached hydrogen (secondary N) is 1. The minimum Gasteiger partial charge on any atom is -0.508 e. The molecule has 7 nitrogen and oxygen atoms in total. The van der Waals surface area contributed by atoms with E-state index in [1.807, 2.05) is 0 Å². The lowest BCUT2D eigenvalue weighted by Crippen LogP contribution is -2.16. The lowest BCUT2D eigenvalue weighted by Gasteiger charge is -2.09. The summed E-state index contributed by atoms with van der Waals surface area (Å²) in [6.07, 6.45) is 0. The fourth-order valence-electron chi connectivity index (χ4n) is 2.95. The summed E-state index contributed by atoms with van der Waals surface area (Å²) in [5.41, 5.74) is -0.598. The van der Waals surface area contributed by atoms with Crippen LogP contribution in [-0.2, 0) is 10.0 Å². The Labute approximate surface area is 171 Å². The van der Waals surface area contributed by atoms with Gasteiger partial charge in [0.2, 0.25) is 0 Å². The van der Waals surface area contributed by atoms with Crippen LogP contribution in [0, 0.1) is 0 Å². The van der Waals surface area contributed by atoms with Crippen molar-refractivity contribution in [1.82, 2.24) is 0 Å². The largest absolute Gasteiger partial charge is 0.508 e. The summed E-state index contributed by atoms with van der Waals surface area (Å²) in [7, 11) is -3.83. The van der Waals surface area contributed by atoms with Gasteiger partial charge in [-0.05, 0) is 42.5 Å². The Bertz CT molecular complexity index is 1430. The van der Waals surface area contributed by atoms with E-state index in [1.165, 1.54) is 60.7 Å². The minimum absolute atomic E-state index is 0.0665. The molecule has 0 radical (unpaired) electrons. The lowest BCUT2D eigenvalue weighted by molar-refractivity contribution is 0.103. The first kappa shape index (κ1) is 19.4. The van der Waals surface area contributed by atoms with Crippen molar-refractivity contribution in [3.05, 3.63) is 100 Å². The first-order chi connectivity index (χ1) is 14.3. The molecule has 0 atom stereocenters. The Morgan fingerprint density at radius 3 is 2.43 bits per heavy atom. The van der Waals surface area contributed by atoms with E-state index < -0.39 is 21.4 Å². The monoisotopic (exact) mass is 421 g/mol. The van der Waals surface area contributed by atoms with E-state index in [1.54, 1.807) is 18.2 Å². The highest BCUT2D eigenvalue weighted by atomic mass is 32.2. The molecule has 2 N–H and O–H groups in total. The number of hydrogen-bond acceptors (Lipinski definition) is 6. The SMILES string of the molecule is O=C(c1cccc(NS(=O)(=O)c2ccccc2)c1)c1cc2ccc(O)cc2oc1=O. The number of anilines is 1. The zero-order chi connectivity index (χ0) is 21.3. The van der Waals surface area contributed by atoms with Gasteiger partial charge in [0.25, 0.3) is 10.0 Å². The van der Waals surface area contributed by atoms with Crippen molar-refractivity contribution in [1.29, 1.82) is 0 Å². The second-order valence-corrected chi connectivity index (χ2v) is 8.18. The van der Waals surface area contributed by atoms with E-state index >= 15 is 0 Å². The molecule has 0 fully saturated rings. The highest BCUT2D eigenvalue weighted by molar-refractivity contribution is 7.92. The molecule has 1 heterocycles. The zero-order valence-corrected chi connectivity index (χ0v) is 16.2. The van der Waals surface area contributed by atoms with Crippen molar-refractivity contribution >= 4 is 32.5 Å². The van der Waals surface area contributed by atoms with Gasteiger partial charge in [0.1, 0.15) is 16.9 Å². The molecule has 8 heteroatoms. The summed E-state index contributed by atoms with van der Waals surface area (Å²) >= 11 is 0. The summed E-state index contributed by atoms with van der Waals surface area (Å²) in [5.74, 6) is -0.678. The molecular weight excluding hydrogens is 406 g/mol. The molecular formula is C22H15NO6S. The van der Waals surface area contributed by atoms with Crippen molar-refractivity contribution in [3.63, 3.8) is 0 Å². The van der Waals surface area contributed by atoms with Crippen LogP contribution in [0.25, 0.3) is 11.0 Å². The van der Waals surface area contributed by atoms with Crippen LogP contribution in [-0.4, -0.2) is 19.3 Å². The Hall–Kier alpha value is -3.91. The number of benzene rings is 3. The highest BCUT2D eigenvalue weighted by Crippen LogP contribution is 2.22. The molecule has 0 amide bonds. The topological polar surface area (TPSA) is 114 Å². The summed E-state index contributed by atoms with van der Waals surface area (Å²) < 4.78 is 32.6. The summed E-state index contributed by atoms with van der Waals surface area (Å²) in [4.78, 5) is 25.2. The van der Waals surface area contributed by atoms with Gasteiger partial charge in [-0.25, -0.2) is 13.2 Å². The predicted molar refractivity (Wildman–Crippen MR) is 111 cm³/mol. The number of ketones is 1. The fraction of sp³-hybridized carbons (Fsp3) is 0. The van der Waals surface area contributed by atoms with Gasteiger partial charge in [-0.15, -0.1) is 0 Å². The Kier molecular flexibility index (Phi) is 4.85. The maximum atomic E-state index is 12.9. The smallest absolute Gasteiger partial charge is 0.347 e. The number of phenolic OH excluding ortho intramolecular Hbond substituents is 1. The van der Waals surface area contributed by atoms with E-state index in [-0.39, 0.29) is 33.0 Å². The molecule has 0 spiro atoms. The van der Waals surface area contributed by atoms with Gasteiger partial charge in [0.15, 0.2) is 5.78 Å². The van der Waals surface area contributed by atoms with Crippen molar-refractivity contribution in [2.75, 3.05) is 4.72 Å². The van der Waals surface area contributed by atoms with Crippen molar-refractivity contribution in [2.45, 2.75) is 4.90 Å². The maximum Gasteiger partial charge on any atom is 0.347 e. The van der Waals surface area contributed by atoms with Crippen LogP contribution in [0.2, 0.25) is 0 Å². The van der Waals surface area contributed by atoms with E-state index in [9.17, 15) is 23.1 Å². The minimum atomic E-state index is -3.83. The quantitative estimate of drug-likeness (QED) is 0.376. The van der Waals surface area contributed by atoms with Gasteiger partial charge in [0.05, 0.1) is 4.90 Å². The normalized spacial score (nSPS) is 11.3. The molecule has 150 valence electrons. The van der Waals surface area contributed by atoms with Crippen LogP contribution in [0.4, 0.5) is 5.69 Å². The van der Waals surface area contributed by atoms with Crippen LogP contribution >= 0.6 is 0 Å². The molecule has 0 bridgehead atoms. The van der Waals surface area contributed by atoms with Crippen molar-refractivity contribution in [3.8, 4) is 5.75 Å². The number of hydrogen-bond donors (Lipinski definition) is 2. The average Bonchev–Trinajstić information content (AvgIpc) is 2.73. The maximum absolute atomic E-state index is 12.9. The average molecular weight is 421 g/mol. The molecule has 4 rings (SSSR count). The second-order valence-electron chi connectivity index (χ2n) is 6.50. The number of fused-ring (bicyclic) bond motifs is 1. The van der Waals surface area contributed by atoms with Crippen molar-refractivity contribution < 1.29 is 22.7 Å². The molecule has 0 aliphatic carbocycles. The third-order valence-corrected chi connectivity index (χ3v) is 5.79. The van der Waals surface area contributed by atoms with E-state index in [0.29, 0.717) is 5.39 Å². The lowest BCUT2D eigenvalue weighted by atomic mass is 10.0. The first-order valence-corrected chi connectivity index (χ1v) is 10.3. The Morgan fingerprint density at radius 2 is 1.67 bits per heavy atom. The predicted octanol–water partition coefficient (Wildman–Crippen LogP) is 3.53. The summed E-state index contributed by atoms with van der Waals surface area (Å²) in [6, 6.07) is 19.3. The fourth-order valence-corrected chi connectivity index (χ4v) is 4.02. The van der Waals surface area contributed by atoms with Crippen LogP contribution in [0.15, 0.2) is 93.0 Å². The Balaban J connectivity index is 1.68. The Morgan fingerprint density at radius 1 is 0.900 bits per heavy atom. The van der Waals surface area contributed by atoms with Gasteiger partial charge >= 0.3 is 5.63 Å². The molecule has 0 saturated carbocycles. The van der Waals surface area contributed by atoms with Gasteiger partial charge < -0.3 is 9.52 Å². The van der Waals surface area contributed by atoms with E-state index in [2.05, 4.69) is 4.72 Å². The van der Waals surface area contributed by atoms with Gasteiger partial charge in [-0.2, -0.15) is 0 Å². The molecule has 4 aromatic rings. The number of carbonyl (C=O) groups excluding carboxylic acids is 1. The van der Waals surface area contributed by atoms with Crippen LogP contribution in [0.3, 0.4) is 0 Å². The second kappa shape index (κ2) is 7.49. The van der Waals surface area contributed by atoms with Gasteiger partial charge in [-0.1, -0.05) is 30.3 Å². The molecule has 30 heavy (non-hydrogen) atoms. The number of aromatic hydroxyl groups is 1. The number of phenols is 1. The van der Waals surface area contributed by atoms with Gasteiger partial charge in [0, 0.05) is 22.7 Å². The highest BCUT2D eigenvalue weighted by Gasteiger charge is 2.18. The van der Waals surface area contributed by atoms with Gasteiger partial charge in [-0.3, -0.25) is 9.52 Å². The van der Waals surface area contributed by atoms with Crippen LogP contribution < -0.4 is 10.3 Å². The summed E-state index contributed by atoms with van der Waals surface area (Å²) in [6.45, 7) is 0. The number of carbonyl (C=O) groups is 1. The number of rotatable bonds is 5. The first-order valence-electron chi connectivity index (χ1n) is 8.83. The van der Waals surface area contributed by atoms with Crippen molar-refractivity contribution in [2.24, 2.45) is 0 Å². The zero-order valence-electron chi connectivity index (χ0n) is 15.4. The third kappa shape index (κ3) is 3.81. The van der Waals surface area contributed by atoms with E-state index in [0.717, 1.165) is 0 Å². The number of sulfonamides is 1. The molecule has 0 aliphatic rings.